The maximum atomic E-state index is 12.8. The zero-order valence-corrected chi connectivity index (χ0v) is 16.9. The molecular formula is C23H28N2O3. The number of carbonyl (C=O) groups excluding carboxylic acids is 2. The second-order valence-electron chi connectivity index (χ2n) is 6.88. The van der Waals surface area contributed by atoms with Crippen molar-refractivity contribution in [2.24, 2.45) is 0 Å². The molecule has 0 aliphatic heterocycles. The Labute approximate surface area is 167 Å². The molecule has 2 amide bonds. The van der Waals surface area contributed by atoms with Crippen molar-refractivity contribution in [3.63, 3.8) is 0 Å². The van der Waals surface area contributed by atoms with E-state index in [0.717, 1.165) is 16.9 Å². The lowest BCUT2D eigenvalue weighted by atomic mass is 10.1. The Bertz CT molecular complexity index is 798. The molecule has 0 aliphatic carbocycles. The van der Waals surface area contributed by atoms with Crippen LogP contribution >= 0.6 is 0 Å². The molecule has 0 heterocycles. The predicted molar refractivity (Wildman–Crippen MR) is 112 cm³/mol. The molecule has 5 heteroatoms. The average Bonchev–Trinajstić information content (AvgIpc) is 2.70. The van der Waals surface area contributed by atoms with Crippen LogP contribution in [0.3, 0.4) is 0 Å². The summed E-state index contributed by atoms with van der Waals surface area (Å²) in [6, 6.07) is 16.6. The summed E-state index contributed by atoms with van der Waals surface area (Å²) in [7, 11) is 1.61. The summed E-state index contributed by atoms with van der Waals surface area (Å²) < 4.78 is 5.11. The zero-order valence-electron chi connectivity index (χ0n) is 16.9. The Morgan fingerprint density at radius 3 is 2.25 bits per heavy atom. The van der Waals surface area contributed by atoms with Crippen molar-refractivity contribution in [3.05, 3.63) is 71.8 Å². The van der Waals surface area contributed by atoms with Gasteiger partial charge in [-0.2, -0.15) is 0 Å². The van der Waals surface area contributed by atoms with Crippen LogP contribution in [0.1, 0.15) is 31.9 Å². The topological polar surface area (TPSA) is 58.6 Å². The molecule has 0 spiro atoms. The maximum absolute atomic E-state index is 12.8. The smallest absolute Gasteiger partial charge is 0.245 e. The number of hydrogen-bond donors (Lipinski definition) is 1. The van der Waals surface area contributed by atoms with E-state index in [1.807, 2.05) is 68.4 Å². The van der Waals surface area contributed by atoms with Gasteiger partial charge in [0.15, 0.2) is 0 Å². The van der Waals surface area contributed by atoms with Crippen molar-refractivity contribution >= 4 is 17.9 Å². The zero-order chi connectivity index (χ0) is 20.5. The molecule has 2 rings (SSSR count). The number of nitrogens with zero attached hydrogens (tertiary/aromatic N) is 1. The number of rotatable bonds is 8. The van der Waals surface area contributed by atoms with Gasteiger partial charge in [0.05, 0.1) is 7.11 Å². The number of methoxy groups -OCH3 is 1. The van der Waals surface area contributed by atoms with Gasteiger partial charge in [-0.25, -0.2) is 0 Å². The fourth-order valence-electron chi connectivity index (χ4n) is 2.75. The van der Waals surface area contributed by atoms with Crippen molar-refractivity contribution in [1.29, 1.82) is 0 Å². The van der Waals surface area contributed by atoms with Crippen LogP contribution in [0.25, 0.3) is 6.08 Å². The number of ether oxygens (including phenoxy) is 1. The molecule has 1 unspecified atom stereocenters. The van der Waals surface area contributed by atoms with Crippen LogP contribution in [0.15, 0.2) is 60.7 Å². The molecule has 1 N–H and O–H groups in total. The Hall–Kier alpha value is -3.08. The first-order chi connectivity index (χ1) is 13.4. The highest BCUT2D eigenvalue weighted by Gasteiger charge is 2.23. The minimum absolute atomic E-state index is 0.0295. The van der Waals surface area contributed by atoms with Crippen LogP contribution in [-0.4, -0.2) is 35.9 Å². The first-order valence-electron chi connectivity index (χ1n) is 9.37. The quantitative estimate of drug-likeness (QED) is 0.711. The van der Waals surface area contributed by atoms with Crippen molar-refractivity contribution in [3.8, 4) is 5.75 Å². The van der Waals surface area contributed by atoms with Crippen LogP contribution in [0.4, 0.5) is 0 Å². The van der Waals surface area contributed by atoms with Crippen LogP contribution in [0.5, 0.6) is 5.75 Å². The molecule has 0 saturated heterocycles. The number of carbonyl (C=O) groups is 2. The van der Waals surface area contributed by atoms with E-state index < -0.39 is 6.04 Å². The van der Waals surface area contributed by atoms with E-state index in [1.54, 1.807) is 25.0 Å². The Kier molecular flexibility index (Phi) is 7.81. The largest absolute Gasteiger partial charge is 0.497 e. The van der Waals surface area contributed by atoms with Gasteiger partial charge >= 0.3 is 0 Å². The molecule has 2 aromatic carbocycles. The van der Waals surface area contributed by atoms with E-state index in [-0.39, 0.29) is 17.9 Å². The highest BCUT2D eigenvalue weighted by Crippen LogP contribution is 2.13. The Morgan fingerprint density at radius 1 is 1.04 bits per heavy atom. The van der Waals surface area contributed by atoms with E-state index in [9.17, 15) is 9.59 Å². The molecular weight excluding hydrogens is 352 g/mol. The SMILES string of the molecule is COc1ccc(C=CC(=O)NC(C)C(=O)N(Cc2ccccc2)C(C)C)cc1. The lowest BCUT2D eigenvalue weighted by molar-refractivity contribution is -0.137. The standard InChI is InChI=1S/C23H28N2O3/c1-17(2)25(16-20-8-6-5-7-9-20)23(27)18(3)24-22(26)15-12-19-10-13-21(28-4)14-11-19/h5-15,17-18H,16H2,1-4H3,(H,24,26). The van der Waals surface area contributed by atoms with Crippen molar-refractivity contribution < 1.29 is 14.3 Å². The third-order valence-corrected chi connectivity index (χ3v) is 4.37. The van der Waals surface area contributed by atoms with E-state index in [4.69, 9.17) is 4.74 Å². The van der Waals surface area contributed by atoms with Gasteiger partial charge in [-0.3, -0.25) is 9.59 Å². The molecule has 0 fully saturated rings. The van der Waals surface area contributed by atoms with E-state index in [0.29, 0.717) is 6.54 Å². The maximum Gasteiger partial charge on any atom is 0.245 e. The van der Waals surface area contributed by atoms with Gasteiger partial charge in [-0.05, 0) is 50.1 Å². The summed E-state index contributed by atoms with van der Waals surface area (Å²) in [5.41, 5.74) is 1.94. The van der Waals surface area contributed by atoms with E-state index >= 15 is 0 Å². The lowest BCUT2D eigenvalue weighted by Crippen LogP contribution is -2.48. The minimum Gasteiger partial charge on any atom is -0.497 e. The highest BCUT2D eigenvalue weighted by molar-refractivity contribution is 5.95. The van der Waals surface area contributed by atoms with Crippen LogP contribution in [0.2, 0.25) is 0 Å². The van der Waals surface area contributed by atoms with E-state index in [2.05, 4.69) is 5.32 Å². The third-order valence-electron chi connectivity index (χ3n) is 4.37. The molecule has 0 aliphatic rings. The van der Waals surface area contributed by atoms with Gasteiger partial charge in [0, 0.05) is 18.7 Å². The first kappa shape index (κ1) is 21.2. The van der Waals surface area contributed by atoms with Crippen LogP contribution < -0.4 is 10.1 Å². The molecule has 0 radical (unpaired) electrons. The summed E-state index contributed by atoms with van der Waals surface area (Å²) in [6.07, 6.45) is 3.14. The van der Waals surface area contributed by atoms with Gasteiger partial charge in [0.25, 0.3) is 0 Å². The third kappa shape index (κ3) is 6.27. The molecule has 148 valence electrons. The number of nitrogens with one attached hydrogen (secondary N) is 1. The Morgan fingerprint density at radius 2 is 1.68 bits per heavy atom. The number of hydrogen-bond acceptors (Lipinski definition) is 3. The molecule has 28 heavy (non-hydrogen) atoms. The average molecular weight is 380 g/mol. The molecule has 0 saturated carbocycles. The van der Waals surface area contributed by atoms with Crippen molar-refractivity contribution in [1.82, 2.24) is 10.2 Å². The Balaban J connectivity index is 1.96. The van der Waals surface area contributed by atoms with Crippen molar-refractivity contribution in [2.45, 2.75) is 39.4 Å². The fraction of sp³-hybridized carbons (Fsp3) is 0.304. The summed E-state index contributed by atoms with van der Waals surface area (Å²) in [4.78, 5) is 26.8. The summed E-state index contributed by atoms with van der Waals surface area (Å²) in [6.45, 7) is 6.17. The van der Waals surface area contributed by atoms with E-state index in [1.165, 1.54) is 6.08 Å². The summed E-state index contributed by atoms with van der Waals surface area (Å²) in [5.74, 6) is 0.346. The van der Waals surface area contributed by atoms with Gasteiger partial charge in [0.1, 0.15) is 11.8 Å². The van der Waals surface area contributed by atoms with Gasteiger partial charge in [-0.15, -0.1) is 0 Å². The molecule has 0 bridgehead atoms. The number of benzene rings is 2. The van der Waals surface area contributed by atoms with Gasteiger partial charge < -0.3 is 15.0 Å². The molecule has 0 aromatic heterocycles. The molecule has 2 aromatic rings. The molecule has 1 atom stereocenters. The van der Waals surface area contributed by atoms with Crippen LogP contribution in [0, 0.1) is 0 Å². The number of amides is 2. The normalized spacial score (nSPS) is 12.0. The minimum atomic E-state index is -0.612. The second-order valence-corrected chi connectivity index (χ2v) is 6.88. The first-order valence-corrected chi connectivity index (χ1v) is 9.37. The van der Waals surface area contributed by atoms with Crippen LogP contribution in [-0.2, 0) is 16.1 Å². The monoisotopic (exact) mass is 380 g/mol. The van der Waals surface area contributed by atoms with Gasteiger partial charge in [-0.1, -0.05) is 42.5 Å². The van der Waals surface area contributed by atoms with Crippen molar-refractivity contribution in [2.75, 3.05) is 7.11 Å². The van der Waals surface area contributed by atoms with Gasteiger partial charge in [0.2, 0.25) is 11.8 Å². The summed E-state index contributed by atoms with van der Waals surface area (Å²) >= 11 is 0. The predicted octanol–water partition coefficient (Wildman–Crippen LogP) is 3.65. The fourth-order valence-corrected chi connectivity index (χ4v) is 2.75. The summed E-state index contributed by atoms with van der Waals surface area (Å²) in [5, 5.41) is 2.75. The lowest BCUT2D eigenvalue weighted by Gasteiger charge is -2.29. The molecule has 5 nitrogen and oxygen atoms in total. The highest BCUT2D eigenvalue weighted by atomic mass is 16.5. The second kappa shape index (κ2) is 10.3.